The third kappa shape index (κ3) is 2.98. The molecule has 1 saturated carbocycles. The van der Waals surface area contributed by atoms with Crippen molar-refractivity contribution in [3.05, 3.63) is 0 Å². The fourth-order valence-corrected chi connectivity index (χ4v) is 1.72. The molecule has 0 saturated heterocycles. The van der Waals surface area contributed by atoms with E-state index in [0.29, 0.717) is 11.3 Å². The molecule has 2 unspecified atom stereocenters. The highest BCUT2D eigenvalue weighted by molar-refractivity contribution is 5.81. The maximum absolute atomic E-state index is 11.4. The van der Waals surface area contributed by atoms with Gasteiger partial charge < -0.3 is 11.1 Å². The minimum atomic E-state index is -0.318. The zero-order chi connectivity index (χ0) is 10.8. The number of hydrogen-bond acceptors (Lipinski definition) is 2. The van der Waals surface area contributed by atoms with Crippen LogP contribution in [0.3, 0.4) is 0 Å². The van der Waals surface area contributed by atoms with Crippen molar-refractivity contribution in [3.8, 4) is 0 Å². The zero-order valence-corrected chi connectivity index (χ0v) is 9.47. The van der Waals surface area contributed by atoms with E-state index in [-0.39, 0.29) is 11.9 Å². The summed E-state index contributed by atoms with van der Waals surface area (Å²) < 4.78 is 0. The highest BCUT2D eigenvalue weighted by atomic mass is 16.2. The Morgan fingerprint density at radius 2 is 2.21 bits per heavy atom. The lowest BCUT2D eigenvalue weighted by Gasteiger charge is -2.11. The Balaban J connectivity index is 2.16. The predicted octanol–water partition coefficient (Wildman–Crippen LogP) is 1.28. The highest BCUT2D eigenvalue weighted by Crippen LogP contribution is 2.50. The summed E-state index contributed by atoms with van der Waals surface area (Å²) in [7, 11) is 0. The third-order valence-corrected chi connectivity index (χ3v) is 3.18. The van der Waals surface area contributed by atoms with Crippen LogP contribution in [0.2, 0.25) is 0 Å². The molecule has 0 aliphatic heterocycles. The molecule has 0 bridgehead atoms. The van der Waals surface area contributed by atoms with Crippen molar-refractivity contribution < 1.29 is 4.79 Å². The van der Waals surface area contributed by atoms with Crippen LogP contribution < -0.4 is 11.1 Å². The van der Waals surface area contributed by atoms with Crippen LogP contribution in [-0.4, -0.2) is 18.5 Å². The molecule has 0 aromatic carbocycles. The summed E-state index contributed by atoms with van der Waals surface area (Å²) in [4.78, 5) is 11.4. The van der Waals surface area contributed by atoms with Crippen LogP contribution in [0.15, 0.2) is 0 Å². The summed E-state index contributed by atoms with van der Waals surface area (Å²) in [6, 6.07) is -0.318. The number of hydrogen-bond donors (Lipinski definition) is 2. The Morgan fingerprint density at radius 1 is 1.64 bits per heavy atom. The molecule has 0 heterocycles. The summed E-state index contributed by atoms with van der Waals surface area (Å²) >= 11 is 0. The van der Waals surface area contributed by atoms with Gasteiger partial charge in [-0.2, -0.15) is 0 Å². The molecule has 0 spiro atoms. The average molecular weight is 198 g/mol. The normalized spacial score (nSPS) is 25.6. The minimum Gasteiger partial charge on any atom is -0.354 e. The summed E-state index contributed by atoms with van der Waals surface area (Å²) in [6.07, 6.45) is 2.96. The first-order valence-corrected chi connectivity index (χ1v) is 5.50. The van der Waals surface area contributed by atoms with E-state index in [9.17, 15) is 4.79 Å². The predicted molar refractivity (Wildman–Crippen MR) is 57.8 cm³/mol. The maximum atomic E-state index is 11.4. The van der Waals surface area contributed by atoms with E-state index in [1.807, 2.05) is 6.92 Å². The lowest BCUT2D eigenvalue weighted by atomic mass is 10.1. The van der Waals surface area contributed by atoms with Gasteiger partial charge >= 0.3 is 0 Å². The van der Waals surface area contributed by atoms with Crippen molar-refractivity contribution in [3.63, 3.8) is 0 Å². The van der Waals surface area contributed by atoms with Crippen LogP contribution in [-0.2, 0) is 4.79 Å². The van der Waals surface area contributed by atoms with Crippen molar-refractivity contribution in [2.75, 3.05) is 6.54 Å². The van der Waals surface area contributed by atoms with Crippen LogP contribution in [0.25, 0.3) is 0 Å². The van der Waals surface area contributed by atoms with Gasteiger partial charge in [0.25, 0.3) is 0 Å². The van der Waals surface area contributed by atoms with E-state index >= 15 is 0 Å². The number of nitrogens with two attached hydrogens (primary N) is 1. The second-order valence-corrected chi connectivity index (χ2v) is 5.03. The van der Waals surface area contributed by atoms with Crippen LogP contribution in [0, 0.1) is 11.3 Å². The van der Waals surface area contributed by atoms with Gasteiger partial charge in [0.15, 0.2) is 0 Å². The topological polar surface area (TPSA) is 55.1 Å². The number of amides is 1. The molecule has 14 heavy (non-hydrogen) atoms. The van der Waals surface area contributed by atoms with Gasteiger partial charge in [0, 0.05) is 6.54 Å². The van der Waals surface area contributed by atoms with E-state index in [0.717, 1.165) is 19.4 Å². The van der Waals surface area contributed by atoms with Crippen molar-refractivity contribution in [1.82, 2.24) is 5.32 Å². The summed E-state index contributed by atoms with van der Waals surface area (Å²) in [5, 5.41) is 2.92. The quantitative estimate of drug-likeness (QED) is 0.699. The summed E-state index contributed by atoms with van der Waals surface area (Å²) in [6.45, 7) is 7.30. The molecule has 1 amide bonds. The Kier molecular flexibility index (Phi) is 3.53. The maximum Gasteiger partial charge on any atom is 0.236 e. The molecule has 82 valence electrons. The fraction of sp³-hybridized carbons (Fsp3) is 0.909. The lowest BCUT2D eigenvalue weighted by Crippen LogP contribution is -2.41. The first-order chi connectivity index (χ1) is 6.47. The number of carbonyl (C=O) groups excluding carboxylic acids is 1. The molecule has 0 radical (unpaired) electrons. The van der Waals surface area contributed by atoms with Gasteiger partial charge in [0.05, 0.1) is 6.04 Å². The summed E-state index contributed by atoms with van der Waals surface area (Å²) in [5.74, 6) is 0.662. The molecule has 1 aliphatic carbocycles. The zero-order valence-electron chi connectivity index (χ0n) is 9.47. The van der Waals surface area contributed by atoms with Gasteiger partial charge in [0.1, 0.15) is 0 Å². The van der Waals surface area contributed by atoms with Gasteiger partial charge in [-0.15, -0.1) is 0 Å². The fourth-order valence-electron chi connectivity index (χ4n) is 1.72. The number of nitrogens with one attached hydrogen (secondary N) is 1. The van der Waals surface area contributed by atoms with Gasteiger partial charge in [-0.1, -0.05) is 27.2 Å². The van der Waals surface area contributed by atoms with E-state index in [1.165, 1.54) is 6.42 Å². The van der Waals surface area contributed by atoms with Crippen molar-refractivity contribution >= 4 is 5.91 Å². The molecule has 0 aromatic rings. The molecule has 3 heteroatoms. The smallest absolute Gasteiger partial charge is 0.236 e. The van der Waals surface area contributed by atoms with Crippen molar-refractivity contribution in [1.29, 1.82) is 0 Å². The molecule has 3 N–H and O–H groups in total. The number of carbonyl (C=O) groups is 1. The van der Waals surface area contributed by atoms with Crippen LogP contribution in [0.5, 0.6) is 0 Å². The monoisotopic (exact) mass is 198 g/mol. The Hall–Kier alpha value is -0.570. The van der Waals surface area contributed by atoms with Gasteiger partial charge in [-0.3, -0.25) is 4.79 Å². The molecule has 2 atom stereocenters. The van der Waals surface area contributed by atoms with E-state index in [2.05, 4.69) is 19.2 Å². The SMILES string of the molecule is CCCC(N)C(=O)NCC1CC1(C)C. The number of rotatable bonds is 5. The highest BCUT2D eigenvalue weighted by Gasteiger charge is 2.45. The Labute approximate surface area is 86.4 Å². The first-order valence-electron chi connectivity index (χ1n) is 5.50. The molecular formula is C11H22N2O. The van der Waals surface area contributed by atoms with E-state index in [1.54, 1.807) is 0 Å². The van der Waals surface area contributed by atoms with E-state index in [4.69, 9.17) is 5.73 Å². The molecule has 1 fully saturated rings. The average Bonchev–Trinajstić information content (AvgIpc) is 2.70. The van der Waals surface area contributed by atoms with Crippen molar-refractivity contribution in [2.45, 2.75) is 46.1 Å². The van der Waals surface area contributed by atoms with Gasteiger partial charge in [-0.05, 0) is 24.2 Å². The second kappa shape index (κ2) is 4.30. The Morgan fingerprint density at radius 3 is 2.64 bits per heavy atom. The standard InChI is InChI=1S/C11H22N2O/c1-4-5-9(12)10(14)13-7-8-6-11(8,2)3/h8-9H,4-7,12H2,1-3H3,(H,13,14). The molecule has 3 nitrogen and oxygen atoms in total. The van der Waals surface area contributed by atoms with Crippen LogP contribution in [0.1, 0.15) is 40.0 Å². The second-order valence-electron chi connectivity index (χ2n) is 5.03. The van der Waals surface area contributed by atoms with Crippen molar-refractivity contribution in [2.24, 2.45) is 17.1 Å². The summed E-state index contributed by atoms with van der Waals surface area (Å²) in [5.41, 5.74) is 6.12. The first kappa shape index (κ1) is 11.5. The lowest BCUT2D eigenvalue weighted by molar-refractivity contribution is -0.122. The molecule has 1 rings (SSSR count). The van der Waals surface area contributed by atoms with Crippen LogP contribution in [0.4, 0.5) is 0 Å². The largest absolute Gasteiger partial charge is 0.354 e. The molecular weight excluding hydrogens is 176 g/mol. The van der Waals surface area contributed by atoms with Gasteiger partial charge in [0.2, 0.25) is 5.91 Å². The third-order valence-electron chi connectivity index (χ3n) is 3.18. The molecule has 1 aliphatic rings. The van der Waals surface area contributed by atoms with Crippen LogP contribution >= 0.6 is 0 Å². The molecule has 0 aromatic heterocycles. The van der Waals surface area contributed by atoms with E-state index < -0.39 is 0 Å². The Bertz CT molecular complexity index is 213. The van der Waals surface area contributed by atoms with Gasteiger partial charge in [-0.25, -0.2) is 0 Å². The minimum absolute atomic E-state index is 0.00884.